The molecule has 5 atom stereocenters. The molecule has 4 N–H and O–H groups in total. The summed E-state index contributed by atoms with van der Waals surface area (Å²) < 4.78 is 15.1. The Hall–Kier alpha value is -5.44. The van der Waals surface area contributed by atoms with E-state index in [9.17, 15) is 19.2 Å². The number of aliphatic imine (C=N–C) groups is 1. The summed E-state index contributed by atoms with van der Waals surface area (Å²) in [7, 11) is 2.56. The van der Waals surface area contributed by atoms with Gasteiger partial charge in [-0.3, -0.25) is 9.59 Å². The number of rotatable bonds is 8. The number of amidine groups is 1. The molecule has 3 saturated heterocycles. The number of alkyl carbamates (subject to hydrolysis) is 2. The van der Waals surface area contributed by atoms with Crippen LogP contribution in [0.25, 0.3) is 22.4 Å². The van der Waals surface area contributed by atoms with E-state index < -0.39 is 23.8 Å². The maximum Gasteiger partial charge on any atom is 0.407 e. The fraction of sp³-hybridized carbons (Fsp3) is 0.512. The highest BCUT2D eigenvalue weighted by Gasteiger charge is 2.48. The predicted molar refractivity (Wildman–Crippen MR) is 205 cm³/mol. The Balaban J connectivity index is 1.02. The zero-order valence-electron chi connectivity index (χ0n) is 32.0. The van der Waals surface area contributed by atoms with Gasteiger partial charge in [0.05, 0.1) is 57.1 Å². The summed E-state index contributed by atoms with van der Waals surface area (Å²) in [5, 5.41) is 8.80. The molecule has 5 heterocycles. The van der Waals surface area contributed by atoms with Gasteiger partial charge in [-0.15, -0.1) is 0 Å². The second kappa shape index (κ2) is 14.3. The molecule has 0 radical (unpaired) electrons. The molecule has 4 aliphatic heterocycles. The van der Waals surface area contributed by atoms with Gasteiger partial charge in [0.25, 0.3) is 0 Å². The highest BCUT2D eigenvalue weighted by molar-refractivity contribution is 5.97. The van der Waals surface area contributed by atoms with E-state index in [0.29, 0.717) is 38.1 Å². The van der Waals surface area contributed by atoms with E-state index in [1.165, 1.54) is 37.3 Å². The second-order valence-electron chi connectivity index (χ2n) is 15.9. The number of aromatic amines is 1. The van der Waals surface area contributed by atoms with Crippen LogP contribution in [0.4, 0.5) is 15.3 Å². The Morgan fingerprint density at radius 3 is 2.46 bits per heavy atom. The first-order chi connectivity index (χ1) is 27.2. The van der Waals surface area contributed by atoms with Gasteiger partial charge in [0, 0.05) is 24.2 Å². The van der Waals surface area contributed by atoms with Gasteiger partial charge in [0.2, 0.25) is 11.8 Å². The first-order valence-electron chi connectivity index (χ1n) is 19.7. The molecule has 2 aromatic carbocycles. The topological polar surface area (TPSA) is 180 Å². The monoisotopic (exact) mass is 764 g/mol. The Labute approximate surface area is 324 Å². The molecular formula is C41H48N8O7. The Morgan fingerprint density at radius 1 is 0.964 bits per heavy atom. The summed E-state index contributed by atoms with van der Waals surface area (Å²) in [6, 6.07) is 9.88. The SMILES string of the molecule is COC(=O)NCC(=O)N1CCC[C@H]1C1=Nc2cc(-c3ccc(-c4cnc([C@@H]5CCCN5C(=O)[C@H](C)NC(=O)OC)[nH]4)c4c3CC3CCC43)ccc2C2(COC2)N1. The van der Waals surface area contributed by atoms with Crippen molar-refractivity contribution in [2.75, 3.05) is 47.1 Å². The molecule has 4 fully saturated rings. The zero-order valence-corrected chi connectivity index (χ0v) is 32.0. The molecule has 1 spiro atoms. The number of H-pyrrole nitrogens is 1. The van der Waals surface area contributed by atoms with Crippen molar-refractivity contribution in [3.63, 3.8) is 0 Å². The van der Waals surface area contributed by atoms with Crippen LogP contribution in [0.15, 0.2) is 41.5 Å². The summed E-state index contributed by atoms with van der Waals surface area (Å²) in [5.41, 5.74) is 8.75. The van der Waals surface area contributed by atoms with Gasteiger partial charge in [-0.05, 0) is 92.0 Å². The highest BCUT2D eigenvalue weighted by Crippen LogP contribution is 2.56. The third-order valence-electron chi connectivity index (χ3n) is 12.8. The van der Waals surface area contributed by atoms with Crippen LogP contribution in [-0.4, -0.2) is 109 Å². The van der Waals surface area contributed by atoms with Crippen molar-refractivity contribution in [1.29, 1.82) is 0 Å². The highest BCUT2D eigenvalue weighted by atomic mass is 16.5. The number of fused-ring (bicyclic) bond motifs is 5. The Bertz CT molecular complexity index is 2130. The number of carbonyl (C=O) groups is 4. The molecule has 294 valence electrons. The third kappa shape index (κ3) is 6.07. The number of aromatic nitrogens is 2. The molecule has 0 bridgehead atoms. The lowest BCUT2D eigenvalue weighted by Crippen LogP contribution is -2.63. The molecule has 1 aromatic heterocycles. The predicted octanol–water partition coefficient (Wildman–Crippen LogP) is 4.41. The first-order valence-corrected chi connectivity index (χ1v) is 19.7. The average Bonchev–Trinajstić information content (AvgIpc) is 4.01. The van der Waals surface area contributed by atoms with Crippen LogP contribution in [0.5, 0.6) is 0 Å². The minimum atomic E-state index is -0.711. The summed E-state index contributed by atoms with van der Waals surface area (Å²) in [5.74, 6) is 2.28. The Morgan fingerprint density at radius 2 is 1.73 bits per heavy atom. The lowest BCUT2D eigenvalue weighted by Gasteiger charge is -2.47. The standard InChI is InChI=1S/C41H48N8O7/c1-22(44-40(53)55-3)38(51)49-15-5-6-32(49)36-42-18-31(46-36)27-12-11-25(28-16-23-8-10-26(23)35(27)28)24-9-13-29-30(17-24)45-37(47-41(29)20-56-21-41)33-7-4-14-48(33)34(50)19-43-39(52)54-2/h9,11-13,17-18,22-23,26,32-33H,4-8,10,14-16,19-21H2,1-3H3,(H,42,46)(H,43,52)(H,44,53)(H,45,47)/t22-,23?,26?,32-,33-/m0/s1. The van der Waals surface area contributed by atoms with E-state index in [2.05, 4.69) is 56.0 Å². The lowest BCUT2D eigenvalue weighted by molar-refractivity contribution is -0.134. The Kier molecular flexibility index (Phi) is 9.21. The zero-order chi connectivity index (χ0) is 38.7. The molecule has 2 unspecified atom stereocenters. The van der Waals surface area contributed by atoms with Crippen LogP contribution >= 0.6 is 0 Å². The van der Waals surface area contributed by atoms with Crippen molar-refractivity contribution in [3.8, 4) is 22.4 Å². The van der Waals surface area contributed by atoms with E-state index in [1.807, 2.05) is 11.1 Å². The molecule has 4 amide bonds. The number of methoxy groups -OCH3 is 2. The van der Waals surface area contributed by atoms with Crippen molar-refractivity contribution in [2.45, 2.75) is 81.5 Å². The van der Waals surface area contributed by atoms with Gasteiger partial charge in [-0.25, -0.2) is 19.6 Å². The summed E-state index contributed by atoms with van der Waals surface area (Å²) in [4.78, 5) is 67.3. The first kappa shape index (κ1) is 36.2. The quantitative estimate of drug-likeness (QED) is 0.259. The number of hydrogen-bond donors (Lipinski definition) is 4. The van der Waals surface area contributed by atoms with E-state index in [1.54, 1.807) is 11.8 Å². The number of nitrogens with zero attached hydrogens (tertiary/aromatic N) is 4. The fourth-order valence-corrected chi connectivity index (χ4v) is 9.80. The molecule has 9 rings (SSSR count). The van der Waals surface area contributed by atoms with Crippen molar-refractivity contribution in [2.24, 2.45) is 10.9 Å². The number of carbonyl (C=O) groups excluding carboxylic acids is 4. The molecule has 1 saturated carbocycles. The largest absolute Gasteiger partial charge is 0.453 e. The van der Waals surface area contributed by atoms with E-state index >= 15 is 0 Å². The minimum Gasteiger partial charge on any atom is -0.453 e. The number of benzene rings is 2. The van der Waals surface area contributed by atoms with Crippen LogP contribution in [-0.2, 0) is 35.8 Å². The number of hydrogen-bond acceptors (Lipinski definition) is 10. The van der Waals surface area contributed by atoms with Crippen molar-refractivity contribution < 1.29 is 33.4 Å². The van der Waals surface area contributed by atoms with Crippen LogP contribution < -0.4 is 16.0 Å². The van der Waals surface area contributed by atoms with Crippen molar-refractivity contribution in [1.82, 2.24) is 35.7 Å². The number of imidazole rings is 1. The minimum absolute atomic E-state index is 0.136. The normalized spacial score (nSPS) is 24.4. The molecule has 15 heteroatoms. The number of likely N-dealkylation sites (tertiary alicyclic amines) is 2. The molecule has 6 aliphatic rings. The number of ether oxygens (including phenoxy) is 3. The molecule has 2 aliphatic carbocycles. The van der Waals surface area contributed by atoms with E-state index in [-0.39, 0.29) is 30.4 Å². The van der Waals surface area contributed by atoms with Crippen LogP contribution in [0.2, 0.25) is 0 Å². The van der Waals surface area contributed by atoms with Crippen molar-refractivity contribution >= 4 is 35.5 Å². The van der Waals surface area contributed by atoms with Gasteiger partial charge in [-0.1, -0.05) is 24.3 Å². The average molecular weight is 765 g/mol. The number of nitrogens with one attached hydrogen (secondary N) is 4. The van der Waals surface area contributed by atoms with Gasteiger partial charge in [-0.2, -0.15) is 0 Å². The molecular weight excluding hydrogens is 716 g/mol. The number of amides is 4. The fourth-order valence-electron chi connectivity index (χ4n) is 9.80. The van der Waals surface area contributed by atoms with E-state index in [0.717, 1.165) is 78.3 Å². The van der Waals surface area contributed by atoms with Crippen LogP contribution in [0, 0.1) is 5.92 Å². The van der Waals surface area contributed by atoms with E-state index in [4.69, 9.17) is 19.5 Å². The summed E-state index contributed by atoms with van der Waals surface area (Å²) in [6.45, 7) is 3.75. The smallest absolute Gasteiger partial charge is 0.407 e. The lowest BCUT2D eigenvalue weighted by atomic mass is 9.73. The molecule has 3 aromatic rings. The second-order valence-corrected chi connectivity index (χ2v) is 15.9. The summed E-state index contributed by atoms with van der Waals surface area (Å²) >= 11 is 0. The third-order valence-corrected chi connectivity index (χ3v) is 12.8. The van der Waals surface area contributed by atoms with Gasteiger partial charge >= 0.3 is 12.2 Å². The van der Waals surface area contributed by atoms with Crippen LogP contribution in [0.3, 0.4) is 0 Å². The maximum atomic E-state index is 13.4. The molecule has 15 nitrogen and oxygen atoms in total. The van der Waals surface area contributed by atoms with Crippen molar-refractivity contribution in [3.05, 3.63) is 59.0 Å². The summed E-state index contributed by atoms with van der Waals surface area (Å²) in [6.07, 6.45) is 7.28. The maximum absolute atomic E-state index is 13.4. The van der Waals surface area contributed by atoms with Gasteiger partial charge < -0.3 is 44.9 Å². The van der Waals surface area contributed by atoms with Crippen LogP contribution in [0.1, 0.15) is 79.9 Å². The van der Waals surface area contributed by atoms with Gasteiger partial charge in [0.15, 0.2) is 0 Å². The molecule has 56 heavy (non-hydrogen) atoms. The van der Waals surface area contributed by atoms with Gasteiger partial charge in [0.1, 0.15) is 29.8 Å².